The van der Waals surface area contributed by atoms with Crippen LogP contribution in [0.25, 0.3) is 11.0 Å². The van der Waals surface area contributed by atoms with Gasteiger partial charge in [0, 0.05) is 25.7 Å². The molecule has 1 aliphatic heterocycles. The van der Waals surface area contributed by atoms with Crippen LogP contribution in [0.15, 0.2) is 60.0 Å². The number of hydrazone groups is 1. The van der Waals surface area contributed by atoms with Gasteiger partial charge in [0.1, 0.15) is 0 Å². The average Bonchev–Trinajstić information content (AvgIpc) is 3.07. The topological polar surface area (TPSA) is 58.5 Å². The highest BCUT2D eigenvalue weighted by molar-refractivity contribution is 6.03. The van der Waals surface area contributed by atoms with Gasteiger partial charge in [-0.25, -0.2) is 5.01 Å². The first-order valence-corrected chi connectivity index (χ1v) is 8.27. The number of amides is 1. The molecular weight excluding hydrogens is 312 g/mol. The standard InChI is InChI=1S/C20H18N4O/c1-13-3-5-15(6-4-13)18-12-20(24(23-18)14(2)25)16-7-8-17-19(11-16)22-10-9-21-17/h3-11,20H,12H2,1-2H3. The molecule has 1 aromatic heterocycles. The van der Waals surface area contributed by atoms with Gasteiger partial charge in [0.2, 0.25) is 5.91 Å². The number of carbonyl (C=O) groups excluding carboxylic acids is 1. The number of hydrogen-bond donors (Lipinski definition) is 0. The number of rotatable bonds is 2. The monoisotopic (exact) mass is 330 g/mol. The molecule has 1 aliphatic rings. The van der Waals surface area contributed by atoms with Gasteiger partial charge < -0.3 is 0 Å². The zero-order valence-electron chi connectivity index (χ0n) is 14.2. The van der Waals surface area contributed by atoms with E-state index in [2.05, 4.69) is 46.3 Å². The first-order chi connectivity index (χ1) is 12.1. The van der Waals surface area contributed by atoms with E-state index in [9.17, 15) is 4.79 Å². The lowest BCUT2D eigenvalue weighted by atomic mass is 9.97. The van der Waals surface area contributed by atoms with E-state index >= 15 is 0 Å². The maximum Gasteiger partial charge on any atom is 0.240 e. The van der Waals surface area contributed by atoms with Crippen LogP contribution in [0, 0.1) is 6.92 Å². The predicted molar refractivity (Wildman–Crippen MR) is 97.1 cm³/mol. The van der Waals surface area contributed by atoms with Crippen LogP contribution in [0.4, 0.5) is 0 Å². The van der Waals surface area contributed by atoms with Gasteiger partial charge in [-0.1, -0.05) is 35.9 Å². The van der Waals surface area contributed by atoms with E-state index in [0.29, 0.717) is 6.42 Å². The normalized spacial score (nSPS) is 17.0. The molecule has 0 saturated carbocycles. The van der Waals surface area contributed by atoms with E-state index in [-0.39, 0.29) is 11.9 Å². The minimum absolute atomic E-state index is 0.0636. The molecule has 1 unspecified atom stereocenters. The third-order valence-corrected chi connectivity index (χ3v) is 4.50. The largest absolute Gasteiger partial charge is 0.273 e. The molecule has 5 nitrogen and oxygen atoms in total. The van der Waals surface area contributed by atoms with Crippen LogP contribution >= 0.6 is 0 Å². The van der Waals surface area contributed by atoms with E-state index in [4.69, 9.17) is 0 Å². The second kappa shape index (κ2) is 6.09. The molecule has 1 atom stereocenters. The Bertz CT molecular complexity index is 978. The van der Waals surface area contributed by atoms with E-state index < -0.39 is 0 Å². The van der Waals surface area contributed by atoms with Crippen molar-refractivity contribution >= 4 is 22.7 Å². The molecule has 0 bridgehead atoms. The Morgan fingerprint density at radius 2 is 1.76 bits per heavy atom. The average molecular weight is 330 g/mol. The summed E-state index contributed by atoms with van der Waals surface area (Å²) in [5, 5.41) is 6.17. The number of hydrogen-bond acceptors (Lipinski definition) is 4. The minimum atomic E-state index is -0.111. The molecule has 1 amide bonds. The highest BCUT2D eigenvalue weighted by atomic mass is 16.2. The summed E-state index contributed by atoms with van der Waals surface area (Å²) in [6, 6.07) is 14.1. The zero-order chi connectivity index (χ0) is 17.4. The quantitative estimate of drug-likeness (QED) is 0.721. The number of carbonyl (C=O) groups is 1. The fourth-order valence-electron chi connectivity index (χ4n) is 3.17. The Kier molecular flexibility index (Phi) is 3.76. The van der Waals surface area contributed by atoms with Crippen molar-refractivity contribution in [2.75, 3.05) is 0 Å². The second-order valence-electron chi connectivity index (χ2n) is 6.30. The van der Waals surface area contributed by atoms with Crippen molar-refractivity contribution in [3.63, 3.8) is 0 Å². The van der Waals surface area contributed by atoms with E-state index in [0.717, 1.165) is 27.9 Å². The Morgan fingerprint density at radius 3 is 2.48 bits per heavy atom. The molecular formula is C20H18N4O. The summed E-state index contributed by atoms with van der Waals surface area (Å²) in [5.41, 5.74) is 5.88. The van der Waals surface area contributed by atoms with Crippen molar-refractivity contribution in [3.05, 3.63) is 71.5 Å². The lowest BCUT2D eigenvalue weighted by Gasteiger charge is -2.20. The molecule has 124 valence electrons. The van der Waals surface area contributed by atoms with Crippen molar-refractivity contribution in [1.29, 1.82) is 0 Å². The van der Waals surface area contributed by atoms with Crippen LogP contribution in [-0.4, -0.2) is 26.6 Å². The zero-order valence-corrected chi connectivity index (χ0v) is 14.2. The maximum absolute atomic E-state index is 12.1. The van der Waals surface area contributed by atoms with Crippen molar-refractivity contribution in [1.82, 2.24) is 15.0 Å². The van der Waals surface area contributed by atoms with E-state index in [1.165, 1.54) is 5.56 Å². The number of aromatic nitrogens is 2. The van der Waals surface area contributed by atoms with E-state index in [1.54, 1.807) is 24.3 Å². The lowest BCUT2D eigenvalue weighted by molar-refractivity contribution is -0.130. The minimum Gasteiger partial charge on any atom is -0.273 e. The smallest absolute Gasteiger partial charge is 0.240 e. The summed E-state index contributed by atoms with van der Waals surface area (Å²) in [7, 11) is 0. The molecule has 0 spiro atoms. The van der Waals surface area contributed by atoms with Gasteiger partial charge in [-0.3, -0.25) is 14.8 Å². The number of nitrogens with zero attached hydrogens (tertiary/aromatic N) is 4. The van der Waals surface area contributed by atoms with Gasteiger partial charge in [0.05, 0.1) is 22.8 Å². The number of fused-ring (bicyclic) bond motifs is 1. The third-order valence-electron chi connectivity index (χ3n) is 4.50. The fraction of sp³-hybridized carbons (Fsp3) is 0.200. The molecule has 0 saturated heterocycles. The Labute approximate surface area is 146 Å². The lowest BCUT2D eigenvalue weighted by Crippen LogP contribution is -2.24. The summed E-state index contributed by atoms with van der Waals surface area (Å²) < 4.78 is 0. The van der Waals surface area contributed by atoms with Crippen LogP contribution < -0.4 is 0 Å². The predicted octanol–water partition coefficient (Wildman–Crippen LogP) is 3.64. The Morgan fingerprint density at radius 1 is 1.04 bits per heavy atom. The number of aryl methyl sites for hydroxylation is 1. The van der Waals surface area contributed by atoms with Crippen LogP contribution in [-0.2, 0) is 4.79 Å². The van der Waals surface area contributed by atoms with Gasteiger partial charge in [-0.15, -0.1) is 0 Å². The molecule has 0 fully saturated rings. The third kappa shape index (κ3) is 2.89. The van der Waals surface area contributed by atoms with Crippen LogP contribution in [0.5, 0.6) is 0 Å². The highest BCUT2D eigenvalue weighted by Crippen LogP contribution is 2.33. The molecule has 5 heteroatoms. The van der Waals surface area contributed by atoms with Gasteiger partial charge in [-0.05, 0) is 30.2 Å². The summed E-state index contributed by atoms with van der Waals surface area (Å²) in [6.45, 7) is 3.61. The Balaban J connectivity index is 1.71. The van der Waals surface area contributed by atoms with Crippen molar-refractivity contribution in [2.45, 2.75) is 26.3 Å². The van der Waals surface area contributed by atoms with E-state index in [1.807, 2.05) is 18.2 Å². The van der Waals surface area contributed by atoms with Crippen LogP contribution in [0.3, 0.4) is 0 Å². The Hall–Kier alpha value is -3.08. The highest BCUT2D eigenvalue weighted by Gasteiger charge is 2.31. The molecule has 0 aliphatic carbocycles. The first kappa shape index (κ1) is 15.4. The van der Waals surface area contributed by atoms with Crippen LogP contribution in [0.2, 0.25) is 0 Å². The van der Waals surface area contributed by atoms with Gasteiger partial charge in [-0.2, -0.15) is 5.10 Å². The van der Waals surface area contributed by atoms with Crippen molar-refractivity contribution in [2.24, 2.45) is 5.10 Å². The molecule has 25 heavy (non-hydrogen) atoms. The summed E-state index contributed by atoms with van der Waals surface area (Å²) >= 11 is 0. The SMILES string of the molecule is CC(=O)N1N=C(c2ccc(C)cc2)CC1c1ccc2nccnc2c1. The second-order valence-corrected chi connectivity index (χ2v) is 6.30. The van der Waals surface area contributed by atoms with Gasteiger partial charge in [0.25, 0.3) is 0 Å². The van der Waals surface area contributed by atoms with Crippen LogP contribution in [0.1, 0.15) is 36.1 Å². The summed E-state index contributed by atoms with van der Waals surface area (Å²) in [6.07, 6.45) is 4.05. The molecule has 2 aromatic carbocycles. The first-order valence-electron chi connectivity index (χ1n) is 8.27. The van der Waals surface area contributed by atoms with Crippen molar-refractivity contribution < 1.29 is 4.79 Å². The molecule has 0 N–H and O–H groups in total. The maximum atomic E-state index is 12.1. The molecule has 3 aromatic rings. The van der Waals surface area contributed by atoms with Gasteiger partial charge >= 0.3 is 0 Å². The molecule has 2 heterocycles. The fourth-order valence-corrected chi connectivity index (χ4v) is 3.17. The van der Waals surface area contributed by atoms with Gasteiger partial charge in [0.15, 0.2) is 0 Å². The summed E-state index contributed by atoms with van der Waals surface area (Å²) in [4.78, 5) is 20.8. The number of benzene rings is 2. The molecule has 4 rings (SSSR count). The van der Waals surface area contributed by atoms with Crippen molar-refractivity contribution in [3.8, 4) is 0 Å². The molecule has 0 radical (unpaired) electrons. The summed E-state index contributed by atoms with van der Waals surface area (Å²) in [5.74, 6) is -0.0636.